The topological polar surface area (TPSA) is 91.3 Å². The van der Waals surface area contributed by atoms with Gasteiger partial charge in [-0.15, -0.1) is 0 Å². The molecule has 9 heteroatoms. The number of ether oxygens (including phenoxy) is 2. The Labute approximate surface area is 353 Å². The molecule has 0 saturated carbocycles. The lowest BCUT2D eigenvalue weighted by Crippen LogP contribution is -2.37. The Kier molecular flexibility index (Phi) is 40.5. The fourth-order valence-electron chi connectivity index (χ4n) is 6.50. The van der Waals surface area contributed by atoms with Gasteiger partial charge in [0.25, 0.3) is 0 Å². The van der Waals surface area contributed by atoms with Gasteiger partial charge in [-0.2, -0.15) is 0 Å². The van der Waals surface area contributed by atoms with Gasteiger partial charge in [0.05, 0.1) is 34.4 Å². The van der Waals surface area contributed by atoms with Gasteiger partial charge >= 0.3 is 13.8 Å². The van der Waals surface area contributed by atoms with E-state index < -0.39 is 13.9 Å². The van der Waals surface area contributed by atoms with Crippen LogP contribution >= 0.6 is 7.82 Å². The number of likely N-dealkylation sites (N-methyl/N-ethyl adjacent to an activating group) is 1. The van der Waals surface area contributed by atoms with Crippen molar-refractivity contribution in [3.05, 3.63) is 36.5 Å². The lowest BCUT2D eigenvalue weighted by molar-refractivity contribution is -0.870. The van der Waals surface area contributed by atoms with Crippen LogP contribution in [-0.2, 0) is 27.9 Å². The molecule has 0 aromatic rings. The highest BCUT2D eigenvalue weighted by Gasteiger charge is 2.26. The highest BCUT2D eigenvalue weighted by atomic mass is 31.2. The molecule has 2 unspecified atom stereocenters. The molecule has 0 aromatic heterocycles. The fourth-order valence-corrected chi connectivity index (χ4v) is 7.24. The number of hydrogen-bond donors (Lipinski definition) is 1. The van der Waals surface area contributed by atoms with E-state index in [1.54, 1.807) is 0 Å². The number of phosphoric ester groups is 1. The molecule has 0 aliphatic carbocycles. The number of hydrogen-bond acceptors (Lipinski definition) is 6. The minimum absolute atomic E-state index is 0.0883. The summed E-state index contributed by atoms with van der Waals surface area (Å²) in [6.45, 7) is 5.61. The van der Waals surface area contributed by atoms with Crippen molar-refractivity contribution in [1.29, 1.82) is 0 Å². The van der Waals surface area contributed by atoms with E-state index in [0.717, 1.165) is 44.9 Å². The third-order valence-corrected chi connectivity index (χ3v) is 11.2. The minimum atomic E-state index is -4.27. The molecule has 0 bridgehead atoms. The van der Waals surface area contributed by atoms with Crippen LogP contribution in [0.25, 0.3) is 0 Å². The molecule has 0 radical (unpaired) electrons. The Balaban J connectivity index is 4.10. The predicted octanol–water partition coefficient (Wildman–Crippen LogP) is 14.2. The van der Waals surface area contributed by atoms with Crippen LogP contribution in [0.15, 0.2) is 36.5 Å². The molecule has 0 amide bonds. The predicted molar refractivity (Wildman–Crippen MR) is 243 cm³/mol. The summed E-state index contributed by atoms with van der Waals surface area (Å²) in [6, 6.07) is 0. The van der Waals surface area contributed by atoms with Crippen LogP contribution in [0.5, 0.6) is 0 Å². The van der Waals surface area contributed by atoms with Crippen LogP contribution in [0.1, 0.15) is 206 Å². The molecule has 0 fully saturated rings. The Hall–Kier alpha value is -1.28. The molecule has 336 valence electrons. The van der Waals surface area contributed by atoms with Gasteiger partial charge in [-0.3, -0.25) is 13.8 Å². The van der Waals surface area contributed by atoms with Crippen molar-refractivity contribution in [2.24, 2.45) is 0 Å². The number of rotatable bonds is 44. The van der Waals surface area contributed by atoms with E-state index in [-0.39, 0.29) is 25.8 Å². The first-order valence-electron chi connectivity index (χ1n) is 23.7. The summed E-state index contributed by atoms with van der Waals surface area (Å²) in [5, 5.41) is 0. The van der Waals surface area contributed by atoms with Gasteiger partial charge in [0.15, 0.2) is 0 Å². The number of unbranched alkanes of at least 4 members (excludes halogenated alkanes) is 24. The van der Waals surface area contributed by atoms with Crippen LogP contribution in [0, 0.1) is 0 Å². The van der Waals surface area contributed by atoms with Gasteiger partial charge in [0.2, 0.25) is 0 Å². The van der Waals surface area contributed by atoms with Crippen LogP contribution in [0.4, 0.5) is 0 Å². The summed E-state index contributed by atoms with van der Waals surface area (Å²) < 4.78 is 35.0. The zero-order chi connectivity index (χ0) is 42.0. The van der Waals surface area contributed by atoms with Gasteiger partial charge in [0, 0.05) is 13.0 Å². The van der Waals surface area contributed by atoms with Crippen molar-refractivity contribution in [3.8, 4) is 0 Å². The number of carbonyl (C=O) groups is 1. The van der Waals surface area contributed by atoms with E-state index in [9.17, 15) is 14.3 Å². The van der Waals surface area contributed by atoms with Crippen molar-refractivity contribution >= 4 is 13.8 Å². The molecule has 0 aliphatic rings. The van der Waals surface area contributed by atoms with Gasteiger partial charge in [-0.1, -0.05) is 185 Å². The van der Waals surface area contributed by atoms with Crippen LogP contribution in [0.3, 0.4) is 0 Å². The van der Waals surface area contributed by atoms with Crippen molar-refractivity contribution in [2.45, 2.75) is 213 Å². The molecule has 0 rings (SSSR count). The second-order valence-corrected chi connectivity index (χ2v) is 18.6. The summed E-state index contributed by atoms with van der Waals surface area (Å²) >= 11 is 0. The molecule has 57 heavy (non-hydrogen) atoms. The molecular weight excluding hydrogens is 734 g/mol. The van der Waals surface area contributed by atoms with E-state index in [1.807, 2.05) is 21.1 Å². The third-order valence-electron chi connectivity index (χ3n) is 10.2. The Bertz CT molecular complexity index is 1010. The van der Waals surface area contributed by atoms with E-state index in [2.05, 4.69) is 50.3 Å². The normalized spacial score (nSPS) is 14.0. The zero-order valence-electron chi connectivity index (χ0n) is 38.1. The molecular formula is C48H93NO7P+. The second kappa shape index (κ2) is 41.5. The molecule has 0 saturated heterocycles. The smallest absolute Gasteiger partial charge is 0.457 e. The highest BCUT2D eigenvalue weighted by molar-refractivity contribution is 7.47. The summed E-state index contributed by atoms with van der Waals surface area (Å²) in [7, 11) is 1.67. The standard InChI is InChI=1S/C48H92NO7P/c1-6-8-10-12-14-16-18-19-20-21-22-23-24-25-26-27-28-29-30-32-34-36-38-40-43-53-45-47(46-55-57(51,52)54-44-42-49(3,4)5)56-48(50)41-39-37-35-33-31-17-15-13-11-9-7-2/h18-19,21-22,24-25,47H,6-17,20,23,26-46H2,1-5H3/p+1/b19-18-,22-21-,25-24-. The number of quaternary nitrogens is 1. The van der Waals surface area contributed by atoms with Crippen LogP contribution in [-0.4, -0.2) is 75.6 Å². The second-order valence-electron chi connectivity index (χ2n) is 17.1. The first-order valence-corrected chi connectivity index (χ1v) is 25.2. The van der Waals surface area contributed by atoms with Gasteiger partial charge in [-0.25, -0.2) is 4.57 Å². The Morgan fingerprint density at radius 3 is 1.44 bits per heavy atom. The van der Waals surface area contributed by atoms with Crippen molar-refractivity contribution in [3.63, 3.8) is 0 Å². The SMILES string of the molecule is CCCCCCC/C=C\C/C=C\C/C=C\CCCCCCCCCCCOCC(COP(=O)(O)OCC[N+](C)(C)C)OC(=O)CCCCCCCCCCCCC. The average molecular weight is 827 g/mol. The number of phosphoric acid groups is 1. The van der Waals surface area contributed by atoms with Crippen molar-refractivity contribution < 1.29 is 37.3 Å². The quantitative estimate of drug-likeness (QED) is 0.0215. The maximum Gasteiger partial charge on any atom is 0.472 e. The van der Waals surface area contributed by atoms with Crippen LogP contribution < -0.4 is 0 Å². The van der Waals surface area contributed by atoms with E-state index in [0.29, 0.717) is 24.1 Å². The summed E-state index contributed by atoms with van der Waals surface area (Å²) in [5.41, 5.74) is 0. The summed E-state index contributed by atoms with van der Waals surface area (Å²) in [4.78, 5) is 22.9. The monoisotopic (exact) mass is 827 g/mol. The summed E-state index contributed by atoms with van der Waals surface area (Å²) in [6.07, 6.45) is 49.0. The maximum absolute atomic E-state index is 12.7. The third kappa shape index (κ3) is 45.7. The molecule has 0 aromatic carbocycles. The average Bonchev–Trinajstić information content (AvgIpc) is 3.16. The van der Waals surface area contributed by atoms with Gasteiger partial charge in [0.1, 0.15) is 19.3 Å². The highest BCUT2D eigenvalue weighted by Crippen LogP contribution is 2.43. The molecule has 2 atom stereocenters. The van der Waals surface area contributed by atoms with Crippen molar-refractivity contribution in [1.82, 2.24) is 0 Å². The minimum Gasteiger partial charge on any atom is -0.457 e. The van der Waals surface area contributed by atoms with E-state index in [4.69, 9.17) is 18.5 Å². The lowest BCUT2D eigenvalue weighted by atomic mass is 10.1. The van der Waals surface area contributed by atoms with Crippen molar-refractivity contribution in [2.75, 3.05) is 54.1 Å². The molecule has 1 N–H and O–H groups in total. The number of allylic oxidation sites excluding steroid dienone is 6. The Morgan fingerprint density at radius 1 is 0.544 bits per heavy atom. The largest absolute Gasteiger partial charge is 0.472 e. The summed E-state index contributed by atoms with van der Waals surface area (Å²) in [5.74, 6) is -0.316. The molecule has 0 spiro atoms. The number of carbonyl (C=O) groups excluding carboxylic acids is 1. The molecule has 0 aliphatic heterocycles. The number of esters is 1. The van der Waals surface area contributed by atoms with Gasteiger partial charge < -0.3 is 18.9 Å². The lowest BCUT2D eigenvalue weighted by Gasteiger charge is -2.24. The molecule has 0 heterocycles. The van der Waals surface area contributed by atoms with E-state index in [1.165, 1.54) is 141 Å². The fraction of sp³-hybridized carbons (Fsp3) is 0.854. The first-order chi connectivity index (χ1) is 27.6. The molecule has 8 nitrogen and oxygen atoms in total. The maximum atomic E-state index is 12.7. The Morgan fingerprint density at radius 2 is 0.965 bits per heavy atom. The zero-order valence-corrected chi connectivity index (χ0v) is 39.0. The van der Waals surface area contributed by atoms with E-state index >= 15 is 0 Å². The van der Waals surface area contributed by atoms with Gasteiger partial charge in [-0.05, 0) is 51.4 Å². The number of nitrogens with zero attached hydrogens (tertiary/aromatic N) is 1. The van der Waals surface area contributed by atoms with Crippen LogP contribution in [0.2, 0.25) is 0 Å². The first kappa shape index (κ1) is 55.7.